The number of hydrogen-bond acceptors (Lipinski definition) is 6. The molecule has 0 spiro atoms. The number of nitrogens with zero attached hydrogens (tertiary/aromatic N) is 2. The van der Waals surface area contributed by atoms with Crippen LogP contribution in [0.1, 0.15) is 69.6 Å². The van der Waals surface area contributed by atoms with Crippen molar-refractivity contribution in [3.05, 3.63) is 83.9 Å². The van der Waals surface area contributed by atoms with Gasteiger partial charge in [-0.3, -0.25) is 4.79 Å². The van der Waals surface area contributed by atoms with Gasteiger partial charge in [0.1, 0.15) is 5.69 Å². The summed E-state index contributed by atoms with van der Waals surface area (Å²) in [4.78, 5) is 16.1. The first-order chi connectivity index (χ1) is 17.9. The number of pyridine rings is 1. The topological polar surface area (TPSA) is 131 Å². The quantitative estimate of drug-likeness (QED) is 0.185. The van der Waals surface area contributed by atoms with E-state index in [0.29, 0.717) is 22.0 Å². The Bertz CT molecular complexity index is 1170. The Labute approximate surface area is 223 Å². The molecule has 210 valence electrons. The SMILES string of the molecule is C=C/C(=C\C=C/C)c1cc(C(N)=O)nc2cc(CN(N)/C=C(\N)C(O)(CC)C(F)(F)F)ccc12.CC.CC. The van der Waals surface area contributed by atoms with Gasteiger partial charge in [0.15, 0.2) is 0 Å². The first-order valence-corrected chi connectivity index (χ1v) is 12.3. The summed E-state index contributed by atoms with van der Waals surface area (Å²) in [6.07, 6.45) is 2.34. The van der Waals surface area contributed by atoms with Gasteiger partial charge in [0.05, 0.1) is 17.8 Å². The van der Waals surface area contributed by atoms with E-state index in [9.17, 15) is 23.1 Å². The van der Waals surface area contributed by atoms with Gasteiger partial charge in [-0.05, 0) is 42.2 Å². The van der Waals surface area contributed by atoms with Crippen molar-refractivity contribution in [3.63, 3.8) is 0 Å². The molecule has 1 atom stereocenters. The summed E-state index contributed by atoms with van der Waals surface area (Å²) in [6, 6.07) is 6.68. The molecule has 7 nitrogen and oxygen atoms in total. The smallest absolute Gasteiger partial charge is 0.398 e. The Hall–Kier alpha value is -3.63. The number of hydrogen-bond donors (Lipinski definition) is 4. The third-order valence-corrected chi connectivity index (χ3v) is 5.25. The van der Waals surface area contributed by atoms with Crippen molar-refractivity contribution in [1.29, 1.82) is 0 Å². The number of benzene rings is 1. The predicted molar refractivity (Wildman–Crippen MR) is 149 cm³/mol. The molecule has 0 saturated heterocycles. The van der Waals surface area contributed by atoms with E-state index in [-0.39, 0.29) is 12.2 Å². The van der Waals surface area contributed by atoms with Gasteiger partial charge in [-0.25, -0.2) is 10.8 Å². The van der Waals surface area contributed by atoms with Crippen molar-refractivity contribution < 1.29 is 23.1 Å². The van der Waals surface area contributed by atoms with Gasteiger partial charge in [-0.15, -0.1) is 0 Å². The molecule has 10 heteroatoms. The van der Waals surface area contributed by atoms with Crippen molar-refractivity contribution in [2.45, 2.75) is 66.3 Å². The lowest BCUT2D eigenvalue weighted by atomic mass is 9.96. The maximum atomic E-state index is 13.2. The second-order valence-corrected chi connectivity index (χ2v) is 7.59. The van der Waals surface area contributed by atoms with Crippen molar-refractivity contribution in [2.75, 3.05) is 0 Å². The van der Waals surface area contributed by atoms with Crippen LogP contribution in [-0.2, 0) is 6.54 Å². The van der Waals surface area contributed by atoms with Crippen LogP contribution in [0.2, 0.25) is 0 Å². The van der Waals surface area contributed by atoms with Crippen LogP contribution in [0.15, 0.2) is 67.0 Å². The number of alkyl halides is 3. The van der Waals surface area contributed by atoms with Crippen molar-refractivity contribution in [2.24, 2.45) is 17.3 Å². The van der Waals surface area contributed by atoms with Gasteiger partial charge in [-0.2, -0.15) is 13.2 Å². The largest absolute Gasteiger partial charge is 0.422 e. The van der Waals surface area contributed by atoms with Crippen LogP contribution in [0.4, 0.5) is 13.2 Å². The van der Waals surface area contributed by atoms with E-state index in [1.165, 1.54) is 6.92 Å². The molecule has 1 aromatic heterocycles. The molecule has 7 N–H and O–H groups in total. The highest BCUT2D eigenvalue weighted by Gasteiger charge is 2.54. The number of primary amides is 1. The molecule has 2 rings (SSSR count). The molecule has 1 heterocycles. The molecule has 1 amide bonds. The average molecular weight is 536 g/mol. The number of carbonyl (C=O) groups excluding carboxylic acids is 1. The van der Waals surface area contributed by atoms with E-state index in [0.717, 1.165) is 16.8 Å². The fourth-order valence-corrected chi connectivity index (χ4v) is 3.32. The van der Waals surface area contributed by atoms with Gasteiger partial charge in [0.2, 0.25) is 5.60 Å². The summed E-state index contributed by atoms with van der Waals surface area (Å²) in [5.41, 5.74) is 9.44. The molecule has 1 aromatic carbocycles. The molecule has 0 aliphatic heterocycles. The lowest BCUT2D eigenvalue weighted by Gasteiger charge is -2.30. The highest BCUT2D eigenvalue weighted by molar-refractivity contribution is 6.00. The summed E-state index contributed by atoms with van der Waals surface area (Å²) >= 11 is 0. The van der Waals surface area contributed by atoms with Gasteiger partial charge in [-0.1, -0.05) is 77.6 Å². The van der Waals surface area contributed by atoms with Crippen molar-refractivity contribution in [1.82, 2.24) is 9.99 Å². The number of fused-ring (bicyclic) bond motifs is 1. The number of allylic oxidation sites excluding steroid dienone is 5. The Morgan fingerprint density at radius 3 is 2.24 bits per heavy atom. The number of amides is 1. The van der Waals surface area contributed by atoms with E-state index in [1.807, 2.05) is 52.8 Å². The van der Waals surface area contributed by atoms with E-state index in [1.54, 1.807) is 30.3 Å². The maximum absolute atomic E-state index is 13.2. The van der Waals surface area contributed by atoms with Crippen LogP contribution in [0.3, 0.4) is 0 Å². The Morgan fingerprint density at radius 1 is 1.16 bits per heavy atom. The van der Waals surface area contributed by atoms with Crippen LogP contribution in [0.25, 0.3) is 16.5 Å². The molecule has 2 aromatic rings. The highest BCUT2D eigenvalue weighted by atomic mass is 19.4. The highest BCUT2D eigenvalue weighted by Crippen LogP contribution is 2.37. The zero-order chi connectivity index (χ0) is 29.7. The third kappa shape index (κ3) is 8.46. The number of nitrogens with two attached hydrogens (primary N) is 3. The summed E-state index contributed by atoms with van der Waals surface area (Å²) in [5, 5.41) is 11.6. The summed E-state index contributed by atoms with van der Waals surface area (Å²) < 4.78 is 39.7. The monoisotopic (exact) mass is 535 g/mol. The maximum Gasteiger partial charge on any atom is 0.422 e. The predicted octanol–water partition coefficient (Wildman–Crippen LogP) is 5.71. The van der Waals surface area contributed by atoms with Crippen molar-refractivity contribution >= 4 is 22.4 Å². The minimum absolute atomic E-state index is 0.0415. The fourth-order valence-electron chi connectivity index (χ4n) is 3.32. The van der Waals surface area contributed by atoms with Crippen LogP contribution in [0.5, 0.6) is 0 Å². The molecule has 38 heavy (non-hydrogen) atoms. The minimum atomic E-state index is -4.96. The first kappa shape index (κ1) is 34.4. The lowest BCUT2D eigenvalue weighted by molar-refractivity contribution is -0.245. The zero-order valence-corrected chi connectivity index (χ0v) is 22.9. The number of halogens is 3. The zero-order valence-electron chi connectivity index (χ0n) is 22.9. The number of aromatic nitrogens is 1. The number of carbonyl (C=O) groups is 1. The summed E-state index contributed by atoms with van der Waals surface area (Å²) in [6.45, 7) is 14.8. The van der Waals surface area contributed by atoms with Gasteiger partial charge >= 0.3 is 6.18 Å². The van der Waals surface area contributed by atoms with E-state index >= 15 is 0 Å². The fraction of sp³-hybridized carbons (Fsp3) is 0.357. The van der Waals surface area contributed by atoms with E-state index < -0.39 is 29.8 Å². The Morgan fingerprint density at radius 2 is 1.76 bits per heavy atom. The molecule has 0 saturated carbocycles. The first-order valence-electron chi connectivity index (χ1n) is 12.3. The van der Waals surface area contributed by atoms with Gasteiger partial charge in [0, 0.05) is 11.6 Å². The van der Waals surface area contributed by atoms with Crippen molar-refractivity contribution in [3.8, 4) is 0 Å². The van der Waals surface area contributed by atoms with E-state index in [2.05, 4.69) is 11.6 Å². The third-order valence-electron chi connectivity index (χ3n) is 5.25. The van der Waals surface area contributed by atoms with Crippen LogP contribution in [0, 0.1) is 0 Å². The van der Waals surface area contributed by atoms with Gasteiger partial charge < -0.3 is 21.6 Å². The summed E-state index contributed by atoms with van der Waals surface area (Å²) in [5.74, 6) is 5.13. The number of hydrazine groups is 1. The molecular weight excluding hydrogens is 495 g/mol. The molecule has 0 bridgehead atoms. The molecule has 0 fully saturated rings. The summed E-state index contributed by atoms with van der Waals surface area (Å²) in [7, 11) is 0. The van der Waals surface area contributed by atoms with Crippen LogP contribution in [-0.4, -0.2) is 32.8 Å². The normalized spacial score (nSPS) is 13.7. The Balaban J connectivity index is 0.00000326. The van der Waals surface area contributed by atoms with Gasteiger partial charge in [0.25, 0.3) is 5.91 Å². The minimum Gasteiger partial charge on any atom is -0.398 e. The molecule has 1 unspecified atom stereocenters. The molecule has 0 radical (unpaired) electrons. The lowest BCUT2D eigenvalue weighted by Crippen LogP contribution is -2.49. The molecule has 0 aliphatic carbocycles. The van der Waals surface area contributed by atoms with E-state index in [4.69, 9.17) is 17.3 Å². The average Bonchev–Trinajstić information content (AvgIpc) is 2.89. The van der Waals surface area contributed by atoms with Crippen LogP contribution < -0.4 is 17.3 Å². The molecular formula is C28H40F3N5O2. The second kappa shape index (κ2) is 15.6. The molecule has 0 aliphatic rings. The van der Waals surface area contributed by atoms with Crippen LogP contribution >= 0.6 is 0 Å². The number of rotatable bonds is 9. The number of aliphatic hydroxyl groups is 1. The second-order valence-electron chi connectivity index (χ2n) is 7.59. The standard InChI is InChI=1S/C24H28F3N5O2.2C2H6/c1-4-7-8-16(5-2)18-12-20(22(29)33)31-19-11-15(9-10-17(18)19)13-32(30)14-21(28)23(34,6-3)24(25,26)27;2*1-2/h4-5,7-12,14,34H,2,6,13,28,30H2,1,3H3,(H2,29,33);2*1-2H3/b7-4-,16-8+,21-14-;;. The Kier molecular flexibility index (Phi) is 14.1.